The second-order valence-corrected chi connectivity index (χ2v) is 7.77. The van der Waals surface area contributed by atoms with E-state index in [1.165, 1.54) is 37.7 Å². The van der Waals surface area contributed by atoms with Crippen molar-refractivity contribution in [3.05, 3.63) is 22.2 Å². The predicted molar refractivity (Wildman–Crippen MR) is 115 cm³/mol. The van der Waals surface area contributed by atoms with Gasteiger partial charge in [-0.25, -0.2) is 0 Å². The summed E-state index contributed by atoms with van der Waals surface area (Å²) in [7, 11) is 0. The lowest BCUT2D eigenvalue weighted by atomic mass is 9.80. The Hall–Kier alpha value is -0.200. The van der Waals surface area contributed by atoms with Gasteiger partial charge in [0.2, 0.25) is 0 Å². The molecule has 1 saturated carbocycles. The first kappa shape index (κ1) is 23.8. The van der Waals surface area contributed by atoms with Crippen LogP contribution in [-0.4, -0.2) is 42.8 Å². The van der Waals surface area contributed by atoms with Crippen molar-refractivity contribution >= 4 is 40.7 Å². The molecule has 3 rings (SSSR count). The molecule has 1 aromatic carbocycles. The third kappa shape index (κ3) is 5.65. The zero-order valence-corrected chi connectivity index (χ0v) is 18.6. The van der Waals surface area contributed by atoms with Gasteiger partial charge in [0, 0.05) is 32.2 Å². The number of hydrogen-bond donors (Lipinski definition) is 2. The van der Waals surface area contributed by atoms with Crippen LogP contribution in [0.25, 0.3) is 0 Å². The van der Waals surface area contributed by atoms with Crippen molar-refractivity contribution in [1.82, 2.24) is 10.2 Å². The van der Waals surface area contributed by atoms with E-state index in [1.807, 2.05) is 6.92 Å². The second kappa shape index (κ2) is 11.6. The first-order chi connectivity index (χ1) is 11.7. The second-order valence-electron chi connectivity index (χ2n) is 6.91. The molecule has 1 heterocycles. The smallest absolute Gasteiger partial charge is 0.172 e. The summed E-state index contributed by atoms with van der Waals surface area (Å²) >= 11 is 3.52. The Bertz CT molecular complexity index is 533. The number of aromatic hydroxyl groups is 1. The molecule has 1 aromatic rings. The van der Waals surface area contributed by atoms with Gasteiger partial charge < -0.3 is 15.2 Å². The predicted octanol–water partition coefficient (Wildman–Crippen LogP) is 4.92. The number of nitrogens with zero attached hydrogens (tertiary/aromatic N) is 1. The average molecular weight is 470 g/mol. The highest BCUT2D eigenvalue weighted by Crippen LogP contribution is 2.43. The number of hydrogen-bond acceptors (Lipinski definition) is 4. The number of benzene rings is 1. The maximum atomic E-state index is 10.3. The average Bonchev–Trinajstić information content (AvgIpc) is 2.61. The summed E-state index contributed by atoms with van der Waals surface area (Å²) < 4.78 is 6.41. The first-order valence-corrected chi connectivity index (χ1v) is 10.1. The van der Waals surface area contributed by atoms with Crippen LogP contribution in [0, 0.1) is 5.92 Å². The van der Waals surface area contributed by atoms with Crippen LogP contribution in [-0.2, 0) is 0 Å². The van der Waals surface area contributed by atoms with Crippen molar-refractivity contribution in [3.8, 4) is 11.5 Å². The topological polar surface area (TPSA) is 44.7 Å². The lowest BCUT2D eigenvalue weighted by molar-refractivity contribution is 0.103. The van der Waals surface area contributed by atoms with E-state index in [1.54, 1.807) is 0 Å². The molecule has 1 atom stereocenters. The minimum absolute atomic E-state index is 0. The zero-order valence-electron chi connectivity index (χ0n) is 15.4. The molecule has 1 aliphatic heterocycles. The largest absolute Gasteiger partial charge is 0.503 e. The van der Waals surface area contributed by atoms with Crippen LogP contribution in [0.15, 0.2) is 16.6 Å². The molecule has 2 aliphatic rings. The van der Waals surface area contributed by atoms with Crippen LogP contribution in [0.5, 0.6) is 11.5 Å². The van der Waals surface area contributed by atoms with Crippen LogP contribution in [0.3, 0.4) is 0 Å². The fourth-order valence-corrected chi connectivity index (χ4v) is 4.68. The Labute approximate surface area is 178 Å². The van der Waals surface area contributed by atoms with Gasteiger partial charge in [0.1, 0.15) is 0 Å². The molecule has 0 spiro atoms. The number of phenols is 1. The van der Waals surface area contributed by atoms with Crippen LogP contribution in [0.4, 0.5) is 0 Å². The van der Waals surface area contributed by atoms with Gasteiger partial charge in [-0.1, -0.05) is 19.3 Å². The number of halogens is 3. The third-order valence-electron chi connectivity index (χ3n) is 5.33. The minimum atomic E-state index is 0. The summed E-state index contributed by atoms with van der Waals surface area (Å²) in [6, 6.07) is 4.58. The van der Waals surface area contributed by atoms with Gasteiger partial charge >= 0.3 is 0 Å². The van der Waals surface area contributed by atoms with E-state index in [-0.39, 0.29) is 30.6 Å². The summed E-state index contributed by atoms with van der Waals surface area (Å²) in [5.41, 5.74) is 1.27. The molecule has 7 heteroatoms. The van der Waals surface area contributed by atoms with Crippen LogP contribution in [0.1, 0.15) is 50.6 Å². The van der Waals surface area contributed by atoms with Crippen molar-refractivity contribution in [2.24, 2.45) is 5.92 Å². The molecule has 26 heavy (non-hydrogen) atoms. The van der Waals surface area contributed by atoms with E-state index in [0.717, 1.165) is 30.7 Å². The van der Waals surface area contributed by atoms with E-state index in [9.17, 15) is 5.11 Å². The first-order valence-electron chi connectivity index (χ1n) is 9.30. The zero-order chi connectivity index (χ0) is 16.9. The number of phenolic OH excluding ortho intramolecular Hbond substituents is 1. The van der Waals surface area contributed by atoms with Crippen molar-refractivity contribution in [3.63, 3.8) is 0 Å². The van der Waals surface area contributed by atoms with Gasteiger partial charge in [-0.2, -0.15) is 0 Å². The molecule has 0 bridgehead atoms. The number of nitrogens with one attached hydrogen (secondary N) is 1. The lowest BCUT2D eigenvalue weighted by Gasteiger charge is -2.41. The van der Waals surface area contributed by atoms with Crippen molar-refractivity contribution in [1.29, 1.82) is 0 Å². The molecular formula is C19H31BrCl2N2O2. The lowest BCUT2D eigenvalue weighted by Crippen LogP contribution is -2.47. The quantitative estimate of drug-likeness (QED) is 0.642. The monoisotopic (exact) mass is 468 g/mol. The van der Waals surface area contributed by atoms with Gasteiger partial charge in [0.15, 0.2) is 11.5 Å². The van der Waals surface area contributed by atoms with Crippen molar-refractivity contribution in [2.75, 3.05) is 32.8 Å². The van der Waals surface area contributed by atoms with Gasteiger partial charge in [-0.3, -0.25) is 4.90 Å². The van der Waals surface area contributed by atoms with E-state index in [0.29, 0.717) is 24.3 Å². The SMILES string of the molecule is CCOc1cc([C@H](C2CCCCC2)N2CCNCC2)cc(Br)c1O.Cl.Cl. The van der Waals surface area contributed by atoms with E-state index in [4.69, 9.17) is 4.74 Å². The maximum Gasteiger partial charge on any atom is 0.172 e. The van der Waals surface area contributed by atoms with Crippen molar-refractivity contribution in [2.45, 2.75) is 45.1 Å². The molecule has 2 N–H and O–H groups in total. The maximum absolute atomic E-state index is 10.3. The summed E-state index contributed by atoms with van der Waals surface area (Å²) in [5, 5.41) is 13.7. The summed E-state index contributed by atoms with van der Waals surface area (Å²) in [4.78, 5) is 2.63. The van der Waals surface area contributed by atoms with Crippen LogP contribution in [0.2, 0.25) is 0 Å². The molecule has 1 saturated heterocycles. The molecule has 2 fully saturated rings. The molecule has 0 amide bonds. The van der Waals surface area contributed by atoms with E-state index >= 15 is 0 Å². The standard InChI is InChI=1S/C19H29BrN2O2.2ClH/c1-2-24-17-13-15(12-16(20)19(17)23)18(14-6-4-3-5-7-14)22-10-8-21-9-11-22;;/h12-14,18,21,23H,2-11H2,1H3;2*1H/t18-;;/m0../s1. The van der Waals surface area contributed by atoms with E-state index < -0.39 is 0 Å². The van der Waals surface area contributed by atoms with E-state index in [2.05, 4.69) is 38.3 Å². The summed E-state index contributed by atoms with van der Waals surface area (Å²) in [6.07, 6.45) is 6.65. The Morgan fingerprint density at radius 2 is 1.85 bits per heavy atom. The minimum Gasteiger partial charge on any atom is -0.503 e. The highest BCUT2D eigenvalue weighted by molar-refractivity contribution is 9.10. The normalized spacial score (nSPS) is 19.9. The Kier molecular flexibility index (Phi) is 10.6. The summed E-state index contributed by atoms with van der Waals surface area (Å²) in [6.45, 7) is 6.80. The number of piperazine rings is 1. The molecule has 4 nitrogen and oxygen atoms in total. The third-order valence-corrected chi connectivity index (χ3v) is 5.94. The molecule has 150 valence electrons. The van der Waals surface area contributed by atoms with Gasteiger partial charge in [-0.05, 0) is 59.3 Å². The number of ether oxygens (including phenoxy) is 1. The molecule has 0 aromatic heterocycles. The van der Waals surface area contributed by atoms with Gasteiger partial charge in [0.25, 0.3) is 0 Å². The van der Waals surface area contributed by atoms with Gasteiger partial charge in [0.05, 0.1) is 11.1 Å². The van der Waals surface area contributed by atoms with Gasteiger partial charge in [-0.15, -0.1) is 24.8 Å². The van der Waals surface area contributed by atoms with Crippen LogP contribution >= 0.6 is 40.7 Å². The Morgan fingerprint density at radius 1 is 1.19 bits per heavy atom. The molecule has 0 radical (unpaired) electrons. The fraction of sp³-hybridized carbons (Fsp3) is 0.684. The van der Waals surface area contributed by atoms with Crippen molar-refractivity contribution < 1.29 is 9.84 Å². The Balaban J connectivity index is 0.00000169. The van der Waals surface area contributed by atoms with Crippen LogP contribution < -0.4 is 10.1 Å². The highest BCUT2D eigenvalue weighted by Gasteiger charge is 2.32. The molecular weight excluding hydrogens is 439 g/mol. The summed E-state index contributed by atoms with van der Waals surface area (Å²) in [5.74, 6) is 1.50. The highest BCUT2D eigenvalue weighted by atomic mass is 79.9. The Morgan fingerprint density at radius 3 is 2.46 bits per heavy atom. The molecule has 1 aliphatic carbocycles. The fourth-order valence-electron chi connectivity index (χ4n) is 4.22. The molecule has 0 unspecified atom stereocenters. The number of rotatable bonds is 5.